The molecule has 6 nitrogen and oxygen atoms in total. The third-order valence-electron chi connectivity index (χ3n) is 3.64. The molecule has 0 spiro atoms. The first-order valence-corrected chi connectivity index (χ1v) is 8.83. The third-order valence-corrected chi connectivity index (χ3v) is 5.19. The highest BCUT2D eigenvalue weighted by molar-refractivity contribution is 8.13. The van der Waals surface area contributed by atoms with E-state index in [1.54, 1.807) is 25.7 Å². The molecule has 1 aliphatic heterocycles. The Hall–Kier alpha value is -1.08. The molecule has 1 atom stereocenters. The van der Waals surface area contributed by atoms with Crippen LogP contribution in [-0.4, -0.2) is 42.1 Å². The zero-order chi connectivity index (χ0) is 15.1. The minimum Gasteiger partial charge on any atom is -0.341 e. The first-order chi connectivity index (χ1) is 9.23. The Morgan fingerprint density at radius 1 is 1.30 bits per heavy atom. The number of hydrogen-bond acceptors (Lipinski definition) is 4. The first kappa shape index (κ1) is 15.3. The maximum Gasteiger partial charge on any atom is 0.264 e. The molecule has 2 rings (SSSR count). The third kappa shape index (κ3) is 2.69. The standard InChI is InChI=1S/C12H18ClN3O3S/c1-8-11(20(13,18)19)9(2)16(14-8)10(3)12(17)15-6-4-5-7-15/h10H,4-7H2,1-3H3. The maximum absolute atomic E-state index is 12.4. The number of halogens is 1. The number of likely N-dealkylation sites (tertiary alicyclic amines) is 1. The Morgan fingerprint density at radius 2 is 1.85 bits per heavy atom. The average molecular weight is 320 g/mol. The van der Waals surface area contributed by atoms with Gasteiger partial charge in [-0.1, -0.05) is 0 Å². The van der Waals surface area contributed by atoms with Gasteiger partial charge < -0.3 is 4.90 Å². The number of amides is 1. The summed E-state index contributed by atoms with van der Waals surface area (Å²) in [4.78, 5) is 14.1. The lowest BCUT2D eigenvalue weighted by Gasteiger charge is -2.21. The number of aromatic nitrogens is 2. The molecule has 8 heteroatoms. The van der Waals surface area contributed by atoms with Crippen molar-refractivity contribution >= 4 is 25.6 Å². The Morgan fingerprint density at radius 3 is 2.30 bits per heavy atom. The van der Waals surface area contributed by atoms with Crippen LogP contribution in [0.1, 0.15) is 37.2 Å². The summed E-state index contributed by atoms with van der Waals surface area (Å²) in [5, 5.41) is 4.17. The van der Waals surface area contributed by atoms with Crippen LogP contribution in [0.3, 0.4) is 0 Å². The van der Waals surface area contributed by atoms with Gasteiger partial charge in [0.1, 0.15) is 10.9 Å². The van der Waals surface area contributed by atoms with E-state index in [2.05, 4.69) is 5.10 Å². The van der Waals surface area contributed by atoms with Crippen LogP contribution in [0.5, 0.6) is 0 Å². The van der Waals surface area contributed by atoms with E-state index < -0.39 is 15.1 Å². The summed E-state index contributed by atoms with van der Waals surface area (Å²) in [5.41, 5.74) is 0.719. The van der Waals surface area contributed by atoms with E-state index >= 15 is 0 Å². The van der Waals surface area contributed by atoms with Gasteiger partial charge >= 0.3 is 0 Å². The van der Waals surface area contributed by atoms with E-state index in [0.717, 1.165) is 25.9 Å². The molecule has 0 aliphatic carbocycles. The van der Waals surface area contributed by atoms with Crippen LogP contribution < -0.4 is 0 Å². The van der Waals surface area contributed by atoms with Crippen molar-refractivity contribution in [2.24, 2.45) is 0 Å². The zero-order valence-electron chi connectivity index (χ0n) is 11.8. The van der Waals surface area contributed by atoms with Gasteiger partial charge in [0.2, 0.25) is 5.91 Å². The summed E-state index contributed by atoms with van der Waals surface area (Å²) < 4.78 is 24.6. The molecule has 0 saturated carbocycles. The summed E-state index contributed by atoms with van der Waals surface area (Å²) in [7, 11) is 1.56. The van der Waals surface area contributed by atoms with Crippen molar-refractivity contribution < 1.29 is 13.2 Å². The Labute approximate surface area is 123 Å². The Balaban J connectivity index is 2.36. The number of hydrogen-bond donors (Lipinski definition) is 0. The van der Waals surface area contributed by atoms with Crippen LogP contribution in [0.2, 0.25) is 0 Å². The van der Waals surface area contributed by atoms with Gasteiger partial charge in [0.15, 0.2) is 0 Å². The van der Waals surface area contributed by atoms with Crippen molar-refractivity contribution in [1.29, 1.82) is 0 Å². The molecule has 1 aliphatic rings. The summed E-state index contributed by atoms with van der Waals surface area (Å²) in [6, 6.07) is -0.529. The molecule has 1 aromatic rings. The first-order valence-electron chi connectivity index (χ1n) is 6.52. The quantitative estimate of drug-likeness (QED) is 0.793. The molecule has 1 amide bonds. The molecular weight excluding hydrogens is 302 g/mol. The number of rotatable bonds is 3. The van der Waals surface area contributed by atoms with Gasteiger partial charge in [-0.15, -0.1) is 0 Å². The molecule has 0 bridgehead atoms. The van der Waals surface area contributed by atoms with Crippen molar-refractivity contribution in [1.82, 2.24) is 14.7 Å². The fourth-order valence-corrected chi connectivity index (χ4v) is 4.19. The minimum absolute atomic E-state index is 0.000221. The molecular formula is C12H18ClN3O3S. The van der Waals surface area contributed by atoms with Crippen LogP contribution in [-0.2, 0) is 13.8 Å². The second kappa shape index (κ2) is 5.37. The normalized spacial score (nSPS) is 17.5. The fraction of sp³-hybridized carbons (Fsp3) is 0.667. The van der Waals surface area contributed by atoms with Gasteiger partial charge in [-0.25, -0.2) is 8.42 Å². The lowest BCUT2D eigenvalue weighted by atomic mass is 10.3. The highest BCUT2D eigenvalue weighted by Gasteiger charge is 2.29. The van der Waals surface area contributed by atoms with Crippen molar-refractivity contribution in [2.45, 2.75) is 44.6 Å². The van der Waals surface area contributed by atoms with E-state index in [4.69, 9.17) is 10.7 Å². The fourth-order valence-electron chi connectivity index (χ4n) is 2.68. The van der Waals surface area contributed by atoms with E-state index in [0.29, 0.717) is 11.4 Å². The minimum atomic E-state index is -3.86. The number of carbonyl (C=O) groups excluding carboxylic acids is 1. The highest BCUT2D eigenvalue weighted by atomic mass is 35.7. The van der Waals surface area contributed by atoms with Crippen LogP contribution in [0.4, 0.5) is 0 Å². The van der Waals surface area contributed by atoms with E-state index in [9.17, 15) is 13.2 Å². The lowest BCUT2D eigenvalue weighted by molar-refractivity contribution is -0.133. The molecule has 20 heavy (non-hydrogen) atoms. The van der Waals surface area contributed by atoms with Crippen LogP contribution in [0.15, 0.2) is 4.90 Å². The molecule has 112 valence electrons. The second-order valence-electron chi connectivity index (χ2n) is 5.09. The summed E-state index contributed by atoms with van der Waals surface area (Å²) in [5.74, 6) is -0.0355. The second-order valence-corrected chi connectivity index (χ2v) is 7.59. The van der Waals surface area contributed by atoms with Gasteiger partial charge in [-0.05, 0) is 33.6 Å². The largest absolute Gasteiger partial charge is 0.341 e. The SMILES string of the molecule is Cc1nn(C(C)C(=O)N2CCCC2)c(C)c1S(=O)(=O)Cl. The van der Waals surface area contributed by atoms with E-state index in [1.807, 2.05) is 0 Å². The molecule has 0 N–H and O–H groups in total. The van der Waals surface area contributed by atoms with Gasteiger partial charge in [-0.3, -0.25) is 9.48 Å². The molecule has 1 unspecified atom stereocenters. The Kier molecular flexibility index (Phi) is 4.11. The van der Waals surface area contributed by atoms with Crippen LogP contribution in [0.25, 0.3) is 0 Å². The maximum atomic E-state index is 12.4. The number of nitrogens with zero attached hydrogens (tertiary/aromatic N) is 3. The van der Waals surface area contributed by atoms with Gasteiger partial charge in [0.05, 0.1) is 11.4 Å². The predicted molar refractivity (Wildman–Crippen MR) is 75.3 cm³/mol. The summed E-state index contributed by atoms with van der Waals surface area (Å²) in [6.45, 7) is 6.42. The molecule has 0 radical (unpaired) electrons. The van der Waals surface area contributed by atoms with Crippen molar-refractivity contribution in [3.63, 3.8) is 0 Å². The van der Waals surface area contributed by atoms with E-state index in [-0.39, 0.29) is 10.8 Å². The van der Waals surface area contributed by atoms with Crippen molar-refractivity contribution in [3.8, 4) is 0 Å². The lowest BCUT2D eigenvalue weighted by Crippen LogP contribution is -2.34. The van der Waals surface area contributed by atoms with Gasteiger partial charge in [0, 0.05) is 23.8 Å². The topological polar surface area (TPSA) is 72.3 Å². The zero-order valence-corrected chi connectivity index (χ0v) is 13.3. The highest BCUT2D eigenvalue weighted by Crippen LogP contribution is 2.26. The molecule has 1 aromatic heterocycles. The number of aryl methyl sites for hydroxylation is 1. The van der Waals surface area contributed by atoms with Crippen LogP contribution >= 0.6 is 10.7 Å². The monoisotopic (exact) mass is 319 g/mol. The van der Waals surface area contributed by atoms with Gasteiger partial charge in [-0.2, -0.15) is 5.10 Å². The molecule has 0 aromatic carbocycles. The molecule has 1 fully saturated rings. The van der Waals surface area contributed by atoms with Crippen LogP contribution in [0, 0.1) is 13.8 Å². The van der Waals surface area contributed by atoms with E-state index in [1.165, 1.54) is 4.68 Å². The molecule has 1 saturated heterocycles. The summed E-state index contributed by atoms with van der Waals surface area (Å²) >= 11 is 0. The van der Waals surface area contributed by atoms with Crippen molar-refractivity contribution in [3.05, 3.63) is 11.4 Å². The number of carbonyl (C=O) groups is 1. The summed E-state index contributed by atoms with van der Waals surface area (Å²) in [6.07, 6.45) is 2.02. The van der Waals surface area contributed by atoms with Crippen molar-refractivity contribution in [2.75, 3.05) is 13.1 Å². The van der Waals surface area contributed by atoms with Gasteiger partial charge in [0.25, 0.3) is 9.05 Å². The molecule has 2 heterocycles. The average Bonchev–Trinajstić information content (AvgIpc) is 2.94. The smallest absolute Gasteiger partial charge is 0.264 e. The Bertz CT molecular complexity index is 633. The predicted octanol–water partition coefficient (Wildman–Crippen LogP) is 1.61.